The molecule has 0 radical (unpaired) electrons. The number of thiazole rings is 1. The van der Waals surface area contributed by atoms with Gasteiger partial charge in [0, 0.05) is 88.1 Å². The van der Waals surface area contributed by atoms with Gasteiger partial charge in [-0.3, -0.25) is 24.0 Å². The van der Waals surface area contributed by atoms with E-state index in [1.807, 2.05) is 122 Å². The van der Waals surface area contributed by atoms with Crippen molar-refractivity contribution in [3.8, 4) is 27.6 Å². The summed E-state index contributed by atoms with van der Waals surface area (Å²) in [5.41, 5.74) is 8.49. The number of pyridine rings is 1. The molecule has 6 aromatic rings. The number of rotatable bonds is 37. The number of hydrogen-bond acceptors (Lipinski definition) is 17. The number of anilines is 2. The molecule has 23 heteroatoms. The van der Waals surface area contributed by atoms with Gasteiger partial charge in [-0.15, -0.1) is 11.3 Å². The molecule has 494 valence electrons. The molecular formula is C69H91N11O11S. The van der Waals surface area contributed by atoms with Crippen LogP contribution in [0.5, 0.6) is 0 Å². The Kier molecular flexibility index (Phi) is 28.3. The van der Waals surface area contributed by atoms with Crippen molar-refractivity contribution < 1.29 is 52.7 Å². The molecule has 5 N–H and O–H groups in total. The summed E-state index contributed by atoms with van der Waals surface area (Å²) in [4.78, 5) is 67.5. The second-order valence-corrected chi connectivity index (χ2v) is 25.1. The maximum absolute atomic E-state index is 14.0. The molecular weight excluding hydrogens is 1190 g/mol. The second-order valence-electron chi connectivity index (χ2n) is 24.2. The number of aryl methyl sites for hydroxylation is 2. The van der Waals surface area contributed by atoms with Crippen LogP contribution in [0.15, 0.2) is 115 Å². The molecule has 92 heavy (non-hydrogen) atoms. The molecule has 1 aliphatic heterocycles. The molecule has 4 heterocycles. The molecule has 0 bridgehead atoms. The average molecular weight is 1280 g/mol. The van der Waals surface area contributed by atoms with Crippen LogP contribution in [0.3, 0.4) is 0 Å². The molecule has 1 saturated heterocycles. The van der Waals surface area contributed by atoms with Crippen molar-refractivity contribution in [2.45, 2.75) is 135 Å². The Morgan fingerprint density at radius 2 is 1.32 bits per heavy atom. The number of hydrogen-bond donors (Lipinski definition) is 5. The molecule has 0 unspecified atom stereocenters. The Bertz CT molecular complexity index is 3220. The summed E-state index contributed by atoms with van der Waals surface area (Å²) in [7, 11) is 0. The molecule has 3 aromatic carbocycles. The molecule has 3 aromatic heterocycles. The van der Waals surface area contributed by atoms with Crippen molar-refractivity contribution in [3.05, 3.63) is 137 Å². The third kappa shape index (κ3) is 22.6. The predicted octanol–water partition coefficient (Wildman–Crippen LogP) is 8.86. The van der Waals surface area contributed by atoms with Gasteiger partial charge in [0.2, 0.25) is 17.7 Å². The number of aliphatic hydroxyl groups excluding tert-OH is 1. The maximum Gasteiger partial charge on any atom is 0.322 e. The van der Waals surface area contributed by atoms with Gasteiger partial charge in [0.25, 0.3) is 0 Å². The number of carbonyl (C=O) groups excluding carboxylic acids is 4. The van der Waals surface area contributed by atoms with Crippen LogP contribution in [0.1, 0.15) is 101 Å². The normalized spacial score (nSPS) is 16.8. The number of nitrogens with zero attached hydrogens (tertiary/aromatic N) is 7. The molecule has 2 fully saturated rings. The summed E-state index contributed by atoms with van der Waals surface area (Å²) in [6.07, 6.45) is 11.4. The standard InChI is InChI=1S/C69H91N11O11S/c1-50-64(92-49-74-50)55-17-14-52(15-18-55)42-72-66(83)61-40-60(81)47-79(61)67(84)65(69(2,3)4)77-63(82)48-91-31-11-10-30-87-33-35-89-37-39-90-38-36-88-34-32-86-29-9-8-28-78-46-56(45-75-78)54-19-23-58(24-20-54)80(68(85)73-43-51-12-6-5-7-13-51)59-25-21-57(22-26-59)76-62-27-16-53(41-70)44-71-62/h5-7,12-20,23-24,27,44-46,49,57,59-61,65,81H,8-11,21-22,25-26,28-40,42-43,47-48H2,1-4H3,(H,71,76)(H,72,83)(H,73,85)(H,77,82)/t57?,59?,60-,61+,65-/m1/s1. The lowest BCUT2D eigenvalue weighted by atomic mass is 9.85. The quantitative estimate of drug-likeness (QED) is 0.0228. The summed E-state index contributed by atoms with van der Waals surface area (Å²) in [6, 6.07) is 30.0. The van der Waals surface area contributed by atoms with Crippen LogP contribution < -0.4 is 26.2 Å². The minimum atomic E-state index is -0.946. The van der Waals surface area contributed by atoms with Crippen LogP contribution in [-0.4, -0.2) is 170 Å². The monoisotopic (exact) mass is 1280 g/mol. The molecule has 8 rings (SSSR count). The fourth-order valence-electron chi connectivity index (χ4n) is 11.1. The first-order valence-corrected chi connectivity index (χ1v) is 33.0. The largest absolute Gasteiger partial charge is 0.391 e. The SMILES string of the molecule is Cc1ncsc1-c1ccc(CNC(=O)[C@@H]2C[C@@H](O)CN2C(=O)[C@@H](NC(=O)COCCCCOCCOCCOCCOCCOCCCCn2cc(-c3ccc(N(C(=O)NCc4ccccc4)C4CCC(Nc5ccc(C#N)cn5)CC4)cc3)cn2)C(C)(C)C)cc1. The maximum atomic E-state index is 14.0. The molecule has 2 aliphatic rings. The number of ether oxygens (including phenoxy) is 6. The van der Waals surface area contributed by atoms with Crippen molar-refractivity contribution in [3.63, 3.8) is 0 Å². The lowest BCUT2D eigenvalue weighted by molar-refractivity contribution is -0.144. The van der Waals surface area contributed by atoms with Gasteiger partial charge in [-0.25, -0.2) is 14.8 Å². The van der Waals surface area contributed by atoms with Crippen molar-refractivity contribution in [1.29, 1.82) is 5.26 Å². The third-order valence-electron chi connectivity index (χ3n) is 16.1. The molecule has 22 nitrogen and oxygen atoms in total. The van der Waals surface area contributed by atoms with Crippen LogP contribution in [0.25, 0.3) is 21.6 Å². The highest BCUT2D eigenvalue weighted by atomic mass is 32.1. The Morgan fingerprint density at radius 1 is 0.707 bits per heavy atom. The summed E-state index contributed by atoms with van der Waals surface area (Å²) in [6.45, 7) is 13.9. The van der Waals surface area contributed by atoms with E-state index in [4.69, 9.17) is 33.7 Å². The van der Waals surface area contributed by atoms with E-state index in [9.17, 15) is 24.3 Å². The van der Waals surface area contributed by atoms with Gasteiger partial charge in [-0.05, 0) is 110 Å². The number of amides is 5. The Hall–Kier alpha value is -7.66. The van der Waals surface area contributed by atoms with Gasteiger partial charge in [-0.1, -0.05) is 87.5 Å². The van der Waals surface area contributed by atoms with Crippen molar-refractivity contribution in [1.82, 2.24) is 40.6 Å². The first kappa shape index (κ1) is 70.2. The Balaban J connectivity index is 0.601. The van der Waals surface area contributed by atoms with Crippen molar-refractivity contribution >= 4 is 46.6 Å². The Labute approximate surface area is 544 Å². The molecule has 1 saturated carbocycles. The van der Waals surface area contributed by atoms with Gasteiger partial charge < -0.3 is 59.7 Å². The highest BCUT2D eigenvalue weighted by Crippen LogP contribution is 2.32. The number of nitrogens with one attached hydrogen (secondary N) is 4. The van der Waals surface area contributed by atoms with E-state index in [0.29, 0.717) is 91.2 Å². The van der Waals surface area contributed by atoms with E-state index < -0.39 is 35.4 Å². The fourth-order valence-corrected chi connectivity index (χ4v) is 11.9. The summed E-state index contributed by atoms with van der Waals surface area (Å²) in [5.74, 6) is -0.485. The van der Waals surface area contributed by atoms with E-state index in [2.05, 4.69) is 60.7 Å². The van der Waals surface area contributed by atoms with Crippen LogP contribution in [0, 0.1) is 23.7 Å². The van der Waals surface area contributed by atoms with Crippen molar-refractivity contribution in [2.75, 3.05) is 96.0 Å². The number of benzene rings is 3. The number of unbranched alkanes of at least 4 members (excludes halogenated alkanes) is 2. The number of urea groups is 1. The third-order valence-corrected chi connectivity index (χ3v) is 17.1. The number of aliphatic hydroxyl groups is 1. The van der Waals surface area contributed by atoms with E-state index >= 15 is 0 Å². The van der Waals surface area contributed by atoms with E-state index in [-0.39, 0.29) is 50.1 Å². The van der Waals surface area contributed by atoms with E-state index in [1.165, 1.54) is 4.90 Å². The average Bonchev–Trinajstić information content (AvgIpc) is 2.06. The lowest BCUT2D eigenvalue weighted by Gasteiger charge is -2.37. The zero-order valence-electron chi connectivity index (χ0n) is 53.6. The first-order chi connectivity index (χ1) is 44.7. The van der Waals surface area contributed by atoms with Crippen LogP contribution in [0.2, 0.25) is 0 Å². The van der Waals surface area contributed by atoms with Gasteiger partial charge in [0.05, 0.1) is 86.8 Å². The number of nitriles is 1. The molecule has 5 amide bonds. The lowest BCUT2D eigenvalue weighted by Crippen LogP contribution is -2.58. The van der Waals surface area contributed by atoms with Gasteiger partial charge in [0.15, 0.2) is 0 Å². The predicted molar refractivity (Wildman–Crippen MR) is 352 cm³/mol. The molecule has 3 atom stereocenters. The highest BCUT2D eigenvalue weighted by Gasteiger charge is 2.44. The Morgan fingerprint density at radius 3 is 1.92 bits per heavy atom. The summed E-state index contributed by atoms with van der Waals surface area (Å²) < 4.78 is 36.0. The van der Waals surface area contributed by atoms with Crippen LogP contribution in [-0.2, 0) is 62.4 Å². The smallest absolute Gasteiger partial charge is 0.322 e. The van der Waals surface area contributed by atoms with Gasteiger partial charge >= 0.3 is 6.03 Å². The van der Waals surface area contributed by atoms with Crippen LogP contribution >= 0.6 is 11.3 Å². The molecule has 1 aliphatic carbocycles. The number of β-amino-alcohol motifs (C(OH)–C–C–N with tert-alkyl or cyclic N) is 1. The van der Waals surface area contributed by atoms with E-state index in [0.717, 1.165) is 101 Å². The topological polar surface area (TPSA) is 266 Å². The number of likely N-dealkylation sites (tertiary alicyclic amines) is 1. The second kappa shape index (κ2) is 37.1. The van der Waals surface area contributed by atoms with Gasteiger partial charge in [0.1, 0.15) is 30.6 Å². The summed E-state index contributed by atoms with van der Waals surface area (Å²) >= 11 is 1.57. The van der Waals surface area contributed by atoms with Gasteiger partial charge in [-0.2, -0.15) is 10.4 Å². The fraction of sp³-hybridized carbons (Fsp3) is 0.507. The minimum Gasteiger partial charge on any atom is -0.391 e. The summed E-state index contributed by atoms with van der Waals surface area (Å²) in [5, 5.41) is 36.8. The highest BCUT2D eigenvalue weighted by molar-refractivity contribution is 7.13. The van der Waals surface area contributed by atoms with E-state index in [1.54, 1.807) is 23.6 Å². The first-order valence-electron chi connectivity index (χ1n) is 32.1. The zero-order valence-corrected chi connectivity index (χ0v) is 54.4. The number of aromatic nitrogens is 4. The number of carbonyl (C=O) groups is 4. The zero-order chi connectivity index (χ0) is 64.9. The van der Waals surface area contributed by atoms with Crippen molar-refractivity contribution in [2.24, 2.45) is 5.41 Å². The molecule has 0 spiro atoms. The minimum absolute atomic E-state index is 0.00800. The van der Waals surface area contributed by atoms with Crippen LogP contribution in [0.4, 0.5) is 16.3 Å².